The molecule has 0 aromatic heterocycles. The van der Waals surface area contributed by atoms with Crippen molar-refractivity contribution < 1.29 is 14.3 Å². The van der Waals surface area contributed by atoms with Crippen molar-refractivity contribution in [3.63, 3.8) is 0 Å². The highest BCUT2D eigenvalue weighted by atomic mass is 35.5. The summed E-state index contributed by atoms with van der Waals surface area (Å²) in [7, 11) is 1.60. The minimum atomic E-state index is -0.368. The Balaban J connectivity index is 1.91. The van der Waals surface area contributed by atoms with Crippen molar-refractivity contribution in [3.8, 4) is 11.5 Å². The molecule has 0 aliphatic rings. The number of nitrogens with zero attached hydrogens (tertiary/aromatic N) is 1. The van der Waals surface area contributed by atoms with Crippen LogP contribution in [0.5, 0.6) is 11.5 Å². The molecule has 1 N–H and O–H groups in total. The molecule has 0 unspecified atom stereocenters. The van der Waals surface area contributed by atoms with Crippen LogP contribution in [0.4, 0.5) is 0 Å². The molecule has 2 aromatic rings. The van der Waals surface area contributed by atoms with Crippen LogP contribution in [-0.4, -0.2) is 25.3 Å². The first-order valence-electron chi connectivity index (χ1n) is 6.95. The topological polar surface area (TPSA) is 59.9 Å². The van der Waals surface area contributed by atoms with E-state index in [-0.39, 0.29) is 12.5 Å². The minimum Gasteiger partial charge on any atom is -0.497 e. The molecule has 0 atom stereocenters. The third kappa shape index (κ3) is 5.00. The van der Waals surface area contributed by atoms with E-state index in [0.717, 1.165) is 11.3 Å². The summed E-state index contributed by atoms with van der Waals surface area (Å²) in [5.74, 6) is 0.815. The number of hydrogen-bond donors (Lipinski definition) is 1. The zero-order valence-corrected chi connectivity index (χ0v) is 13.6. The van der Waals surface area contributed by atoms with E-state index in [4.69, 9.17) is 21.1 Å². The Bertz CT molecular complexity index is 716. The molecule has 0 saturated heterocycles. The second-order valence-electron chi connectivity index (χ2n) is 4.68. The fourth-order valence-electron chi connectivity index (χ4n) is 1.80. The van der Waals surface area contributed by atoms with Crippen molar-refractivity contribution in [1.29, 1.82) is 0 Å². The Hall–Kier alpha value is -2.53. The maximum Gasteiger partial charge on any atom is 0.277 e. The van der Waals surface area contributed by atoms with E-state index in [0.29, 0.717) is 16.5 Å². The van der Waals surface area contributed by atoms with Gasteiger partial charge in [-0.1, -0.05) is 35.9 Å². The monoisotopic (exact) mass is 332 g/mol. The molecule has 2 rings (SSSR count). The number of carbonyl (C=O) groups is 1. The van der Waals surface area contributed by atoms with Gasteiger partial charge in [-0.2, -0.15) is 5.10 Å². The van der Waals surface area contributed by atoms with E-state index in [9.17, 15) is 4.79 Å². The predicted molar refractivity (Wildman–Crippen MR) is 90.3 cm³/mol. The van der Waals surface area contributed by atoms with Gasteiger partial charge >= 0.3 is 0 Å². The van der Waals surface area contributed by atoms with E-state index in [1.807, 2.05) is 24.3 Å². The number of carbonyl (C=O) groups excluding carboxylic acids is 1. The summed E-state index contributed by atoms with van der Waals surface area (Å²) in [4.78, 5) is 11.8. The van der Waals surface area contributed by atoms with Crippen molar-refractivity contribution in [1.82, 2.24) is 5.43 Å². The molecular weight excluding hydrogens is 316 g/mol. The number of methoxy groups -OCH3 is 1. The Morgan fingerprint density at radius 1 is 1.22 bits per heavy atom. The fourth-order valence-corrected chi connectivity index (χ4v) is 1.99. The van der Waals surface area contributed by atoms with Crippen LogP contribution >= 0.6 is 11.6 Å². The molecule has 0 spiro atoms. The first-order chi connectivity index (χ1) is 11.1. The average Bonchev–Trinajstić information content (AvgIpc) is 2.59. The smallest absolute Gasteiger partial charge is 0.277 e. The van der Waals surface area contributed by atoms with E-state index in [1.54, 1.807) is 38.3 Å². The van der Waals surface area contributed by atoms with Crippen LogP contribution in [-0.2, 0) is 4.79 Å². The van der Waals surface area contributed by atoms with Crippen LogP contribution in [0, 0.1) is 0 Å². The highest BCUT2D eigenvalue weighted by molar-refractivity contribution is 6.32. The van der Waals surface area contributed by atoms with Crippen LogP contribution in [0.2, 0.25) is 5.02 Å². The van der Waals surface area contributed by atoms with Crippen LogP contribution in [0.15, 0.2) is 53.6 Å². The molecule has 0 aliphatic carbocycles. The lowest BCUT2D eigenvalue weighted by Gasteiger charge is -2.07. The van der Waals surface area contributed by atoms with Gasteiger partial charge in [0, 0.05) is 5.56 Å². The first-order valence-corrected chi connectivity index (χ1v) is 7.33. The molecule has 0 bridgehead atoms. The molecule has 2 aromatic carbocycles. The summed E-state index contributed by atoms with van der Waals surface area (Å²) in [6.45, 7) is 1.63. The minimum absolute atomic E-state index is 0.168. The van der Waals surface area contributed by atoms with Crippen molar-refractivity contribution in [2.24, 2.45) is 5.10 Å². The zero-order valence-electron chi connectivity index (χ0n) is 12.9. The van der Waals surface area contributed by atoms with Crippen LogP contribution < -0.4 is 14.9 Å². The van der Waals surface area contributed by atoms with Crippen LogP contribution in [0.25, 0.3) is 0 Å². The van der Waals surface area contributed by atoms with Crippen molar-refractivity contribution in [2.75, 3.05) is 13.7 Å². The Morgan fingerprint density at radius 2 is 2.00 bits per heavy atom. The third-order valence-electron chi connectivity index (χ3n) is 3.03. The molecule has 0 fully saturated rings. The van der Waals surface area contributed by atoms with E-state index in [1.165, 1.54) is 0 Å². The fraction of sp³-hybridized carbons (Fsp3) is 0.176. The van der Waals surface area contributed by atoms with Crippen molar-refractivity contribution in [2.45, 2.75) is 6.92 Å². The largest absolute Gasteiger partial charge is 0.497 e. The van der Waals surface area contributed by atoms with Gasteiger partial charge in [0.25, 0.3) is 5.91 Å². The van der Waals surface area contributed by atoms with Gasteiger partial charge in [-0.15, -0.1) is 0 Å². The SMILES string of the molecule is COc1cccc(/C(C)=N/NC(=O)COc2ccccc2Cl)c1. The molecule has 0 heterocycles. The molecule has 1 amide bonds. The second kappa shape index (κ2) is 8.19. The molecule has 23 heavy (non-hydrogen) atoms. The lowest BCUT2D eigenvalue weighted by molar-refractivity contribution is -0.123. The van der Waals surface area contributed by atoms with Crippen molar-refractivity contribution in [3.05, 3.63) is 59.1 Å². The molecule has 0 aliphatic heterocycles. The van der Waals surface area contributed by atoms with Gasteiger partial charge in [-0.3, -0.25) is 4.79 Å². The number of amides is 1. The highest BCUT2D eigenvalue weighted by Crippen LogP contribution is 2.22. The molecule has 0 saturated carbocycles. The Kier molecular flexibility index (Phi) is 6.00. The predicted octanol–water partition coefficient (Wildman–Crippen LogP) is 3.27. The lowest BCUT2D eigenvalue weighted by atomic mass is 10.1. The summed E-state index contributed by atoms with van der Waals surface area (Å²) in [6.07, 6.45) is 0. The van der Waals surface area contributed by atoms with Crippen LogP contribution in [0.1, 0.15) is 12.5 Å². The first kappa shape index (κ1) is 16.8. The standard InChI is InChI=1S/C17H17ClN2O3/c1-12(13-6-5-7-14(10-13)22-2)19-20-17(21)11-23-16-9-4-3-8-15(16)18/h3-10H,11H2,1-2H3,(H,20,21)/b19-12+. The van der Waals surface area contributed by atoms with Gasteiger partial charge in [0.15, 0.2) is 6.61 Å². The summed E-state index contributed by atoms with van der Waals surface area (Å²) in [6, 6.07) is 14.4. The summed E-state index contributed by atoms with van der Waals surface area (Å²) in [5.41, 5.74) is 3.97. The van der Waals surface area contributed by atoms with Crippen molar-refractivity contribution >= 4 is 23.2 Å². The maximum atomic E-state index is 11.8. The number of para-hydroxylation sites is 1. The highest BCUT2D eigenvalue weighted by Gasteiger charge is 2.05. The average molecular weight is 333 g/mol. The Labute approximate surface area is 139 Å². The number of nitrogens with one attached hydrogen (secondary N) is 1. The number of ether oxygens (including phenoxy) is 2. The number of hydrazone groups is 1. The summed E-state index contributed by atoms with van der Waals surface area (Å²) < 4.78 is 10.5. The van der Waals surface area contributed by atoms with Gasteiger partial charge in [0.2, 0.25) is 0 Å². The quantitative estimate of drug-likeness (QED) is 0.652. The normalized spacial score (nSPS) is 11.0. The molecule has 6 heteroatoms. The van der Waals surface area contributed by atoms with E-state index < -0.39 is 0 Å². The molecule has 0 radical (unpaired) electrons. The summed E-state index contributed by atoms with van der Waals surface area (Å²) >= 11 is 5.95. The van der Waals surface area contributed by atoms with Gasteiger partial charge < -0.3 is 9.47 Å². The lowest BCUT2D eigenvalue weighted by Crippen LogP contribution is -2.25. The molecule has 120 valence electrons. The van der Waals surface area contributed by atoms with Crippen LogP contribution in [0.3, 0.4) is 0 Å². The Morgan fingerprint density at radius 3 is 2.74 bits per heavy atom. The number of benzene rings is 2. The van der Waals surface area contributed by atoms with Gasteiger partial charge in [-0.05, 0) is 31.2 Å². The third-order valence-corrected chi connectivity index (χ3v) is 3.34. The second-order valence-corrected chi connectivity index (χ2v) is 5.09. The maximum absolute atomic E-state index is 11.8. The van der Waals surface area contributed by atoms with Gasteiger partial charge in [0.1, 0.15) is 11.5 Å². The zero-order chi connectivity index (χ0) is 16.7. The van der Waals surface area contributed by atoms with Gasteiger partial charge in [-0.25, -0.2) is 5.43 Å². The van der Waals surface area contributed by atoms with E-state index in [2.05, 4.69) is 10.5 Å². The van der Waals surface area contributed by atoms with Gasteiger partial charge in [0.05, 0.1) is 17.8 Å². The molecule has 5 nitrogen and oxygen atoms in total. The summed E-state index contributed by atoms with van der Waals surface area (Å²) in [5, 5.41) is 4.51. The van der Waals surface area contributed by atoms with E-state index >= 15 is 0 Å². The number of hydrogen-bond acceptors (Lipinski definition) is 4. The molecular formula is C17H17ClN2O3. The number of halogens is 1. The number of rotatable bonds is 6.